The predicted octanol–water partition coefficient (Wildman–Crippen LogP) is 2.44. The van der Waals surface area contributed by atoms with Crippen LogP contribution in [0.4, 0.5) is 4.39 Å². The smallest absolute Gasteiger partial charge is 0.257 e. The third-order valence-electron chi connectivity index (χ3n) is 3.32. The van der Waals surface area contributed by atoms with Gasteiger partial charge in [-0.25, -0.2) is 9.37 Å². The molecule has 0 aliphatic heterocycles. The number of para-hydroxylation sites is 3. The van der Waals surface area contributed by atoms with Crippen molar-refractivity contribution in [1.29, 1.82) is 0 Å². The molecule has 5 nitrogen and oxygen atoms in total. The lowest BCUT2D eigenvalue weighted by Crippen LogP contribution is -2.30. The average molecular weight is 313 g/mol. The highest BCUT2D eigenvalue weighted by Crippen LogP contribution is 2.15. The second kappa shape index (κ2) is 6.91. The number of fused-ring (bicyclic) bond motifs is 1. The van der Waals surface area contributed by atoms with Gasteiger partial charge in [0.05, 0.1) is 11.0 Å². The molecule has 0 radical (unpaired) electrons. The van der Waals surface area contributed by atoms with E-state index < -0.39 is 5.82 Å². The fraction of sp³-hybridized carbons (Fsp3) is 0.176. The van der Waals surface area contributed by atoms with Crippen LogP contribution in [0.5, 0.6) is 5.75 Å². The zero-order chi connectivity index (χ0) is 16.1. The molecule has 0 aliphatic rings. The van der Waals surface area contributed by atoms with E-state index in [1.807, 2.05) is 24.3 Å². The molecule has 6 heteroatoms. The first kappa shape index (κ1) is 15.0. The van der Waals surface area contributed by atoms with E-state index in [0.29, 0.717) is 13.0 Å². The van der Waals surface area contributed by atoms with E-state index in [4.69, 9.17) is 4.74 Å². The fourth-order valence-corrected chi connectivity index (χ4v) is 2.20. The number of nitrogens with one attached hydrogen (secondary N) is 2. The normalized spacial score (nSPS) is 10.7. The average Bonchev–Trinajstić information content (AvgIpc) is 2.97. The Hall–Kier alpha value is -2.89. The molecule has 0 saturated heterocycles. The van der Waals surface area contributed by atoms with Gasteiger partial charge >= 0.3 is 0 Å². The molecule has 1 aromatic heterocycles. The van der Waals surface area contributed by atoms with Gasteiger partial charge in [-0.3, -0.25) is 4.79 Å². The molecule has 118 valence electrons. The molecule has 0 saturated carbocycles. The highest BCUT2D eigenvalue weighted by molar-refractivity contribution is 5.77. The number of H-pyrrole nitrogens is 1. The second-order valence-electron chi connectivity index (χ2n) is 5.02. The Balaban J connectivity index is 1.45. The van der Waals surface area contributed by atoms with E-state index in [9.17, 15) is 9.18 Å². The van der Waals surface area contributed by atoms with Crippen molar-refractivity contribution < 1.29 is 13.9 Å². The van der Waals surface area contributed by atoms with Crippen molar-refractivity contribution in [3.63, 3.8) is 0 Å². The summed E-state index contributed by atoms with van der Waals surface area (Å²) >= 11 is 0. The van der Waals surface area contributed by atoms with Gasteiger partial charge < -0.3 is 15.0 Å². The van der Waals surface area contributed by atoms with E-state index >= 15 is 0 Å². The molecule has 0 atom stereocenters. The molecule has 0 bridgehead atoms. The Morgan fingerprint density at radius 1 is 1.17 bits per heavy atom. The molecule has 0 unspecified atom stereocenters. The summed E-state index contributed by atoms with van der Waals surface area (Å²) in [5.74, 6) is 0.0911. The quantitative estimate of drug-likeness (QED) is 0.734. The van der Waals surface area contributed by atoms with Crippen molar-refractivity contribution in [2.45, 2.75) is 6.42 Å². The number of rotatable bonds is 6. The summed E-state index contributed by atoms with van der Waals surface area (Å²) in [4.78, 5) is 19.3. The number of nitrogens with zero attached hydrogens (tertiary/aromatic N) is 1. The van der Waals surface area contributed by atoms with Gasteiger partial charge in [0.2, 0.25) is 0 Å². The van der Waals surface area contributed by atoms with Crippen LogP contribution in [0.1, 0.15) is 5.82 Å². The molecular weight excluding hydrogens is 297 g/mol. The number of aromatic amines is 1. The molecule has 0 aliphatic carbocycles. The maximum atomic E-state index is 13.3. The first-order valence-corrected chi connectivity index (χ1v) is 7.30. The van der Waals surface area contributed by atoms with Gasteiger partial charge in [-0.15, -0.1) is 0 Å². The highest BCUT2D eigenvalue weighted by Gasteiger charge is 2.07. The minimum absolute atomic E-state index is 0.0694. The van der Waals surface area contributed by atoms with Crippen molar-refractivity contribution in [2.24, 2.45) is 0 Å². The molecule has 3 aromatic rings. The summed E-state index contributed by atoms with van der Waals surface area (Å²) in [5, 5.41) is 2.72. The van der Waals surface area contributed by atoms with Gasteiger partial charge in [-0.2, -0.15) is 0 Å². The Bertz CT molecular complexity index is 783. The Morgan fingerprint density at radius 3 is 2.78 bits per heavy atom. The summed E-state index contributed by atoms with van der Waals surface area (Å²) in [5.41, 5.74) is 1.87. The third-order valence-corrected chi connectivity index (χ3v) is 3.32. The summed E-state index contributed by atoms with van der Waals surface area (Å²) in [6, 6.07) is 13.7. The van der Waals surface area contributed by atoms with Gasteiger partial charge in [0, 0.05) is 13.0 Å². The largest absolute Gasteiger partial charge is 0.481 e. The van der Waals surface area contributed by atoms with Crippen molar-refractivity contribution in [1.82, 2.24) is 15.3 Å². The highest BCUT2D eigenvalue weighted by atomic mass is 19.1. The third kappa shape index (κ3) is 3.85. The molecule has 23 heavy (non-hydrogen) atoms. The molecule has 3 rings (SSSR count). The van der Waals surface area contributed by atoms with E-state index in [0.717, 1.165) is 16.9 Å². The molecule has 2 aromatic carbocycles. The monoisotopic (exact) mass is 313 g/mol. The lowest BCUT2D eigenvalue weighted by Gasteiger charge is -2.07. The van der Waals surface area contributed by atoms with Crippen LogP contribution in [0.25, 0.3) is 11.0 Å². The van der Waals surface area contributed by atoms with Crippen LogP contribution in [0, 0.1) is 5.82 Å². The number of carbonyl (C=O) groups is 1. The van der Waals surface area contributed by atoms with E-state index in [1.54, 1.807) is 12.1 Å². The topological polar surface area (TPSA) is 67.0 Å². The Morgan fingerprint density at radius 2 is 1.96 bits per heavy atom. The van der Waals surface area contributed by atoms with E-state index in [2.05, 4.69) is 15.3 Å². The van der Waals surface area contributed by atoms with Gasteiger partial charge in [-0.1, -0.05) is 24.3 Å². The maximum Gasteiger partial charge on any atom is 0.257 e. The Kier molecular flexibility index (Phi) is 4.52. The van der Waals surface area contributed by atoms with E-state index in [1.165, 1.54) is 12.1 Å². The van der Waals surface area contributed by atoms with Gasteiger partial charge in [0.15, 0.2) is 18.2 Å². The van der Waals surface area contributed by atoms with Crippen LogP contribution in [-0.2, 0) is 11.2 Å². The number of imidazole rings is 1. The molecular formula is C17H16FN3O2. The number of benzene rings is 2. The number of ether oxygens (including phenoxy) is 1. The fourth-order valence-electron chi connectivity index (χ4n) is 2.20. The van der Waals surface area contributed by atoms with Crippen LogP contribution >= 0.6 is 0 Å². The summed E-state index contributed by atoms with van der Waals surface area (Å²) in [7, 11) is 0. The van der Waals surface area contributed by atoms with Crippen molar-refractivity contribution >= 4 is 16.9 Å². The predicted molar refractivity (Wildman–Crippen MR) is 84.7 cm³/mol. The Labute approximate surface area is 132 Å². The van der Waals surface area contributed by atoms with Crippen LogP contribution in [-0.4, -0.2) is 29.0 Å². The SMILES string of the molecule is O=C(COc1ccccc1F)NCCc1nc2ccccc2[nH]1. The standard InChI is InChI=1S/C17H16FN3O2/c18-12-5-1-4-8-15(12)23-11-17(22)19-10-9-16-20-13-6-2-3-7-14(13)21-16/h1-8H,9-11H2,(H,19,22)(H,20,21). The molecule has 1 amide bonds. The first-order valence-electron chi connectivity index (χ1n) is 7.30. The molecule has 1 heterocycles. The zero-order valence-corrected chi connectivity index (χ0v) is 12.4. The molecule has 0 spiro atoms. The molecule has 0 fully saturated rings. The second-order valence-corrected chi connectivity index (χ2v) is 5.02. The van der Waals surface area contributed by atoms with Gasteiger partial charge in [0.1, 0.15) is 5.82 Å². The van der Waals surface area contributed by atoms with Gasteiger partial charge in [-0.05, 0) is 24.3 Å². The lowest BCUT2D eigenvalue weighted by molar-refractivity contribution is -0.123. The molecule has 2 N–H and O–H groups in total. The number of hydrogen-bond donors (Lipinski definition) is 2. The van der Waals surface area contributed by atoms with Crippen molar-refractivity contribution in [3.8, 4) is 5.75 Å². The number of hydrogen-bond acceptors (Lipinski definition) is 3. The maximum absolute atomic E-state index is 13.3. The number of carbonyl (C=O) groups excluding carboxylic acids is 1. The number of halogens is 1. The lowest BCUT2D eigenvalue weighted by atomic mass is 10.3. The van der Waals surface area contributed by atoms with Crippen LogP contribution < -0.4 is 10.1 Å². The van der Waals surface area contributed by atoms with Gasteiger partial charge in [0.25, 0.3) is 5.91 Å². The first-order chi connectivity index (χ1) is 11.2. The minimum Gasteiger partial charge on any atom is -0.481 e. The summed E-state index contributed by atoms with van der Waals surface area (Å²) < 4.78 is 18.5. The summed E-state index contributed by atoms with van der Waals surface area (Å²) in [6.07, 6.45) is 0.583. The van der Waals surface area contributed by atoms with Crippen molar-refractivity contribution in [2.75, 3.05) is 13.2 Å². The zero-order valence-electron chi connectivity index (χ0n) is 12.4. The number of aromatic nitrogens is 2. The number of amides is 1. The van der Waals surface area contributed by atoms with Crippen molar-refractivity contribution in [3.05, 3.63) is 60.2 Å². The minimum atomic E-state index is -0.484. The van der Waals surface area contributed by atoms with Crippen LogP contribution in [0.2, 0.25) is 0 Å². The van der Waals surface area contributed by atoms with Crippen LogP contribution in [0.3, 0.4) is 0 Å². The van der Waals surface area contributed by atoms with E-state index in [-0.39, 0.29) is 18.3 Å². The summed E-state index contributed by atoms with van der Waals surface area (Å²) in [6.45, 7) is 0.209. The van der Waals surface area contributed by atoms with Crippen LogP contribution in [0.15, 0.2) is 48.5 Å².